The van der Waals surface area contributed by atoms with Crippen LogP contribution in [-0.2, 0) is 4.79 Å². The van der Waals surface area contributed by atoms with Gasteiger partial charge in [0.25, 0.3) is 0 Å². The van der Waals surface area contributed by atoms with E-state index in [1.54, 1.807) is 4.90 Å². The second-order valence-electron chi connectivity index (χ2n) is 3.28. The molecule has 0 atom stereocenters. The Morgan fingerprint density at radius 2 is 2.07 bits per heavy atom. The van der Waals surface area contributed by atoms with E-state index in [4.69, 9.17) is 5.26 Å². The lowest BCUT2D eigenvalue weighted by atomic mass is 10.3. The summed E-state index contributed by atoms with van der Waals surface area (Å²) in [5.41, 5.74) is 0. The van der Waals surface area contributed by atoms with E-state index in [9.17, 15) is 4.79 Å². The first-order valence-electron chi connectivity index (χ1n) is 4.78. The maximum Gasteiger partial charge on any atom is 0.246 e. The van der Waals surface area contributed by atoms with Crippen LogP contribution in [0.1, 0.15) is 6.42 Å². The van der Waals surface area contributed by atoms with Crippen molar-refractivity contribution in [2.75, 3.05) is 32.7 Å². The van der Waals surface area contributed by atoms with E-state index in [-0.39, 0.29) is 5.91 Å². The van der Waals surface area contributed by atoms with Gasteiger partial charge < -0.3 is 4.90 Å². The number of carbonyl (C=O) groups excluding carboxylic acids is 1. The van der Waals surface area contributed by atoms with Crippen LogP contribution in [0.5, 0.6) is 0 Å². The van der Waals surface area contributed by atoms with Gasteiger partial charge in [-0.2, -0.15) is 5.26 Å². The molecule has 0 aromatic carbocycles. The number of carbonyl (C=O) groups is 1. The SMILES string of the molecule is C=CC(=O)N1CCN(CCC#N)CC1. The third-order valence-corrected chi connectivity index (χ3v) is 2.40. The number of hydrogen-bond acceptors (Lipinski definition) is 3. The van der Waals surface area contributed by atoms with Crippen LogP contribution in [0.2, 0.25) is 0 Å². The van der Waals surface area contributed by atoms with Crippen molar-refractivity contribution in [2.24, 2.45) is 0 Å². The van der Waals surface area contributed by atoms with Crippen molar-refractivity contribution < 1.29 is 4.79 Å². The maximum absolute atomic E-state index is 11.2. The number of hydrogen-bond donors (Lipinski definition) is 0. The summed E-state index contributed by atoms with van der Waals surface area (Å²) in [6.45, 7) is 7.49. The number of amides is 1. The van der Waals surface area contributed by atoms with Crippen LogP contribution < -0.4 is 0 Å². The molecule has 0 radical (unpaired) electrons. The van der Waals surface area contributed by atoms with Crippen LogP contribution in [0.15, 0.2) is 12.7 Å². The van der Waals surface area contributed by atoms with Crippen molar-refractivity contribution in [3.8, 4) is 6.07 Å². The minimum atomic E-state index is 0.00457. The van der Waals surface area contributed by atoms with Crippen molar-refractivity contribution in [3.63, 3.8) is 0 Å². The van der Waals surface area contributed by atoms with Gasteiger partial charge in [-0.3, -0.25) is 9.69 Å². The highest BCUT2D eigenvalue weighted by atomic mass is 16.2. The van der Waals surface area contributed by atoms with Gasteiger partial charge in [-0.15, -0.1) is 0 Å². The summed E-state index contributed by atoms with van der Waals surface area (Å²) in [6.07, 6.45) is 1.92. The molecule has 0 spiro atoms. The molecule has 0 unspecified atom stereocenters. The summed E-state index contributed by atoms with van der Waals surface area (Å²) >= 11 is 0. The number of rotatable bonds is 3. The molecule has 1 saturated heterocycles. The van der Waals surface area contributed by atoms with Crippen LogP contribution in [-0.4, -0.2) is 48.4 Å². The van der Waals surface area contributed by atoms with Gasteiger partial charge in [0.05, 0.1) is 6.07 Å². The van der Waals surface area contributed by atoms with Crippen LogP contribution in [0.25, 0.3) is 0 Å². The van der Waals surface area contributed by atoms with Crippen molar-refractivity contribution >= 4 is 5.91 Å². The molecule has 0 aromatic heterocycles. The molecule has 1 aliphatic rings. The molecule has 76 valence electrons. The number of nitrogens with zero attached hydrogens (tertiary/aromatic N) is 3. The molecule has 0 saturated carbocycles. The summed E-state index contributed by atoms with van der Waals surface area (Å²) < 4.78 is 0. The lowest BCUT2D eigenvalue weighted by Gasteiger charge is -2.33. The molecular weight excluding hydrogens is 178 g/mol. The minimum absolute atomic E-state index is 0.00457. The van der Waals surface area contributed by atoms with E-state index < -0.39 is 0 Å². The predicted molar refractivity (Wildman–Crippen MR) is 53.4 cm³/mol. The normalized spacial score (nSPS) is 17.5. The highest BCUT2D eigenvalue weighted by molar-refractivity contribution is 5.87. The summed E-state index contributed by atoms with van der Waals surface area (Å²) in [6, 6.07) is 2.12. The zero-order valence-electron chi connectivity index (χ0n) is 8.28. The van der Waals surface area contributed by atoms with E-state index in [1.165, 1.54) is 6.08 Å². The largest absolute Gasteiger partial charge is 0.337 e. The first-order valence-corrected chi connectivity index (χ1v) is 4.78. The monoisotopic (exact) mass is 193 g/mol. The second-order valence-corrected chi connectivity index (χ2v) is 3.28. The van der Waals surface area contributed by atoms with Gasteiger partial charge >= 0.3 is 0 Å². The van der Waals surface area contributed by atoms with Gasteiger partial charge in [0.2, 0.25) is 5.91 Å². The van der Waals surface area contributed by atoms with E-state index in [1.807, 2.05) is 0 Å². The molecule has 0 aromatic rings. The minimum Gasteiger partial charge on any atom is -0.337 e. The Morgan fingerprint density at radius 1 is 1.43 bits per heavy atom. The molecule has 14 heavy (non-hydrogen) atoms. The molecule has 0 bridgehead atoms. The maximum atomic E-state index is 11.2. The number of nitriles is 1. The molecule has 1 fully saturated rings. The van der Waals surface area contributed by atoms with Gasteiger partial charge in [0.1, 0.15) is 0 Å². The third kappa shape index (κ3) is 2.86. The summed E-state index contributed by atoms with van der Waals surface area (Å²) in [5, 5.41) is 8.42. The molecule has 4 heteroatoms. The zero-order valence-corrected chi connectivity index (χ0v) is 8.28. The Labute approximate surface area is 84.4 Å². The van der Waals surface area contributed by atoms with Crippen LogP contribution in [0.4, 0.5) is 0 Å². The first-order chi connectivity index (χ1) is 6.77. The van der Waals surface area contributed by atoms with Gasteiger partial charge in [0, 0.05) is 39.1 Å². The third-order valence-electron chi connectivity index (χ3n) is 2.40. The molecule has 1 aliphatic heterocycles. The van der Waals surface area contributed by atoms with Gasteiger partial charge in [0.15, 0.2) is 0 Å². The quantitative estimate of drug-likeness (QED) is 0.603. The van der Waals surface area contributed by atoms with Crippen LogP contribution in [0, 0.1) is 11.3 Å². The topological polar surface area (TPSA) is 47.3 Å². The predicted octanol–water partition coefficient (Wildman–Crippen LogP) is 0.230. The fraction of sp³-hybridized carbons (Fsp3) is 0.600. The second kappa shape index (κ2) is 5.40. The Bertz CT molecular complexity index is 249. The standard InChI is InChI=1S/C10H15N3O/c1-2-10(14)13-8-6-12(7-9-13)5-3-4-11/h2H,1,3,5-9H2. The smallest absolute Gasteiger partial charge is 0.246 e. The lowest BCUT2D eigenvalue weighted by molar-refractivity contribution is -0.127. The Morgan fingerprint density at radius 3 is 2.57 bits per heavy atom. The molecule has 0 aliphatic carbocycles. The van der Waals surface area contributed by atoms with Gasteiger partial charge in [-0.05, 0) is 6.08 Å². The highest BCUT2D eigenvalue weighted by Gasteiger charge is 2.18. The fourth-order valence-corrected chi connectivity index (χ4v) is 1.53. The Hall–Kier alpha value is -1.34. The number of piperazine rings is 1. The Balaban J connectivity index is 2.28. The van der Waals surface area contributed by atoms with E-state index >= 15 is 0 Å². The Kier molecular flexibility index (Phi) is 4.14. The summed E-state index contributed by atoms with van der Waals surface area (Å²) in [5.74, 6) is 0.00457. The van der Waals surface area contributed by atoms with E-state index in [2.05, 4.69) is 17.5 Å². The van der Waals surface area contributed by atoms with Gasteiger partial charge in [-0.25, -0.2) is 0 Å². The highest BCUT2D eigenvalue weighted by Crippen LogP contribution is 2.02. The van der Waals surface area contributed by atoms with Crippen molar-refractivity contribution in [2.45, 2.75) is 6.42 Å². The zero-order chi connectivity index (χ0) is 10.4. The first kappa shape index (κ1) is 10.7. The van der Waals surface area contributed by atoms with Crippen LogP contribution in [0.3, 0.4) is 0 Å². The molecule has 1 rings (SSSR count). The summed E-state index contributed by atoms with van der Waals surface area (Å²) in [7, 11) is 0. The molecule has 0 N–H and O–H groups in total. The molecular formula is C10H15N3O. The van der Waals surface area contributed by atoms with Crippen LogP contribution >= 0.6 is 0 Å². The average Bonchev–Trinajstić information content (AvgIpc) is 2.26. The van der Waals surface area contributed by atoms with Crippen molar-refractivity contribution in [1.82, 2.24) is 9.80 Å². The molecule has 4 nitrogen and oxygen atoms in total. The summed E-state index contributed by atoms with van der Waals surface area (Å²) in [4.78, 5) is 15.2. The molecule has 1 amide bonds. The van der Waals surface area contributed by atoms with E-state index in [0.717, 1.165) is 32.7 Å². The van der Waals surface area contributed by atoms with E-state index in [0.29, 0.717) is 6.42 Å². The van der Waals surface area contributed by atoms with Crippen molar-refractivity contribution in [3.05, 3.63) is 12.7 Å². The van der Waals surface area contributed by atoms with Crippen molar-refractivity contribution in [1.29, 1.82) is 5.26 Å². The fourth-order valence-electron chi connectivity index (χ4n) is 1.53. The van der Waals surface area contributed by atoms with Gasteiger partial charge in [-0.1, -0.05) is 6.58 Å². The lowest BCUT2D eigenvalue weighted by Crippen LogP contribution is -2.48. The average molecular weight is 193 g/mol. The molecule has 1 heterocycles.